The molecule has 0 spiro atoms. The molecule has 2 aromatic rings. The van der Waals surface area contributed by atoms with E-state index in [1.807, 2.05) is 0 Å². The molecule has 0 bridgehead atoms. The van der Waals surface area contributed by atoms with Crippen LogP contribution in [0.1, 0.15) is 17.6 Å². The summed E-state index contributed by atoms with van der Waals surface area (Å²) in [5.41, 5.74) is -0.0630. The fourth-order valence-corrected chi connectivity index (χ4v) is 1.46. The lowest BCUT2D eigenvalue weighted by Gasteiger charge is -2.08. The summed E-state index contributed by atoms with van der Waals surface area (Å²) < 4.78 is 26.2. The van der Waals surface area contributed by atoms with Gasteiger partial charge in [0.1, 0.15) is 0 Å². The number of halogens is 2. The largest absolute Gasteiger partial charge is 0.365 e. The summed E-state index contributed by atoms with van der Waals surface area (Å²) in [7, 11) is 0. The number of alkyl halides is 2. The van der Waals surface area contributed by atoms with E-state index < -0.39 is 12.1 Å². The Hall–Kier alpha value is -2.05. The van der Waals surface area contributed by atoms with Crippen molar-refractivity contribution in [2.75, 3.05) is 0 Å². The summed E-state index contributed by atoms with van der Waals surface area (Å²) in [5, 5.41) is 8.90. The Balaban J connectivity index is 2.63. The Kier molecular flexibility index (Phi) is 2.51. The maximum atomic E-state index is 12.6. The summed E-state index contributed by atoms with van der Waals surface area (Å²) >= 11 is 0. The third kappa shape index (κ3) is 1.60. The van der Waals surface area contributed by atoms with E-state index >= 15 is 0 Å². The van der Waals surface area contributed by atoms with E-state index in [9.17, 15) is 13.6 Å². The van der Waals surface area contributed by atoms with Gasteiger partial charge in [-0.15, -0.1) is 0 Å². The van der Waals surface area contributed by atoms with Gasteiger partial charge >= 0.3 is 5.69 Å². The third-order valence-corrected chi connectivity index (χ3v) is 2.28. The average molecular weight is 226 g/mol. The first-order valence-electron chi connectivity index (χ1n) is 4.49. The van der Waals surface area contributed by atoms with Gasteiger partial charge in [-0.05, 0) is 29.0 Å². The average Bonchev–Trinajstić information content (AvgIpc) is 2.64. The van der Waals surface area contributed by atoms with Crippen LogP contribution in [0.3, 0.4) is 0 Å². The van der Waals surface area contributed by atoms with Crippen LogP contribution < -0.4 is 5.69 Å². The molecule has 0 aliphatic rings. The van der Waals surface area contributed by atoms with Gasteiger partial charge in [0, 0.05) is 5.56 Å². The minimum absolute atomic E-state index is 0.118. The lowest BCUT2D eigenvalue weighted by Crippen LogP contribution is -2.17. The predicted octanol–water partition coefficient (Wildman–Crippen LogP) is 1.20. The Morgan fingerprint density at radius 2 is 2.19 bits per heavy atom. The highest BCUT2D eigenvalue weighted by Gasteiger charge is 2.15. The highest BCUT2D eigenvalue weighted by atomic mass is 19.3. The number of nitrogens with one attached hydrogen (secondary N) is 1. The molecule has 0 aliphatic heterocycles. The molecule has 1 heterocycles. The maximum absolute atomic E-state index is 12.6. The molecule has 0 saturated carbocycles. The standard InChI is InChI=1S/C9H8F2N4O/c1-5-6(8(10)11)3-2-4-7(5)15-9(16)12-13-14-15/h2-4,8H,1H3,(H,12,14,16). The van der Waals surface area contributed by atoms with Gasteiger partial charge in [0.05, 0.1) is 5.69 Å². The molecule has 84 valence electrons. The van der Waals surface area contributed by atoms with Crippen LogP contribution in [-0.4, -0.2) is 20.2 Å². The topological polar surface area (TPSA) is 63.6 Å². The molecule has 1 aromatic heterocycles. The summed E-state index contributed by atoms with van der Waals surface area (Å²) in [5.74, 6) is 0. The highest BCUT2D eigenvalue weighted by molar-refractivity contribution is 5.44. The van der Waals surface area contributed by atoms with Crippen molar-refractivity contribution in [3.63, 3.8) is 0 Å². The van der Waals surface area contributed by atoms with Crippen molar-refractivity contribution in [1.82, 2.24) is 20.2 Å². The monoisotopic (exact) mass is 226 g/mol. The van der Waals surface area contributed by atoms with Crippen LogP contribution in [0.4, 0.5) is 8.78 Å². The first-order valence-corrected chi connectivity index (χ1v) is 4.49. The first-order chi connectivity index (χ1) is 7.61. The molecule has 0 amide bonds. The number of hydrogen-bond donors (Lipinski definition) is 1. The van der Waals surface area contributed by atoms with E-state index in [1.54, 1.807) is 0 Å². The second-order valence-electron chi connectivity index (χ2n) is 3.21. The van der Waals surface area contributed by atoms with Gasteiger partial charge in [-0.2, -0.15) is 4.68 Å². The maximum Gasteiger partial charge on any atom is 0.365 e. The number of rotatable bonds is 2. The second kappa shape index (κ2) is 3.84. The molecule has 0 saturated heterocycles. The quantitative estimate of drug-likeness (QED) is 0.836. The number of H-pyrrole nitrogens is 1. The normalized spacial score (nSPS) is 11.0. The Morgan fingerprint density at radius 3 is 2.75 bits per heavy atom. The van der Waals surface area contributed by atoms with Gasteiger partial charge in [0.15, 0.2) is 0 Å². The van der Waals surface area contributed by atoms with Gasteiger partial charge in [0.25, 0.3) is 6.43 Å². The molecule has 5 nitrogen and oxygen atoms in total. The van der Waals surface area contributed by atoms with Crippen LogP contribution in [0, 0.1) is 6.92 Å². The molecular formula is C9H8F2N4O. The summed E-state index contributed by atoms with van der Waals surface area (Å²) in [6.45, 7) is 1.51. The summed E-state index contributed by atoms with van der Waals surface area (Å²) in [6.07, 6.45) is -2.58. The molecule has 0 radical (unpaired) electrons. The van der Waals surface area contributed by atoms with Crippen molar-refractivity contribution in [3.05, 3.63) is 39.8 Å². The molecule has 1 aromatic carbocycles. The van der Waals surface area contributed by atoms with Crippen LogP contribution in [0.15, 0.2) is 23.0 Å². The molecule has 16 heavy (non-hydrogen) atoms. The van der Waals surface area contributed by atoms with E-state index in [4.69, 9.17) is 0 Å². The minimum Gasteiger partial charge on any atom is -0.244 e. The molecule has 1 N–H and O–H groups in total. The number of nitrogens with zero attached hydrogens (tertiary/aromatic N) is 3. The van der Waals surface area contributed by atoms with Gasteiger partial charge in [0.2, 0.25) is 0 Å². The molecule has 7 heteroatoms. The van der Waals surface area contributed by atoms with Crippen LogP contribution in [-0.2, 0) is 0 Å². The minimum atomic E-state index is -2.58. The molecule has 0 unspecified atom stereocenters. The lowest BCUT2D eigenvalue weighted by molar-refractivity contribution is 0.150. The first kappa shape index (κ1) is 10.5. The molecular weight excluding hydrogens is 218 g/mol. The van der Waals surface area contributed by atoms with Crippen LogP contribution in [0.25, 0.3) is 5.69 Å². The second-order valence-corrected chi connectivity index (χ2v) is 3.21. The van der Waals surface area contributed by atoms with Crippen molar-refractivity contribution in [2.24, 2.45) is 0 Å². The zero-order valence-corrected chi connectivity index (χ0v) is 8.32. The van der Waals surface area contributed by atoms with Crippen LogP contribution in [0.5, 0.6) is 0 Å². The lowest BCUT2D eigenvalue weighted by atomic mass is 10.1. The van der Waals surface area contributed by atoms with E-state index in [0.29, 0.717) is 11.3 Å². The van der Waals surface area contributed by atoms with Gasteiger partial charge in [-0.25, -0.2) is 18.7 Å². The Bertz CT molecular complexity index is 561. The Morgan fingerprint density at radius 1 is 1.44 bits per heavy atom. The van der Waals surface area contributed by atoms with E-state index in [2.05, 4.69) is 15.5 Å². The number of hydrogen-bond acceptors (Lipinski definition) is 3. The van der Waals surface area contributed by atoms with Gasteiger partial charge < -0.3 is 0 Å². The fourth-order valence-electron chi connectivity index (χ4n) is 1.46. The van der Waals surface area contributed by atoms with E-state index in [1.165, 1.54) is 25.1 Å². The van der Waals surface area contributed by atoms with Crippen LogP contribution in [0.2, 0.25) is 0 Å². The number of benzene rings is 1. The molecule has 0 aliphatic carbocycles. The zero-order chi connectivity index (χ0) is 11.7. The number of tetrazole rings is 1. The van der Waals surface area contributed by atoms with Gasteiger partial charge in [-0.3, -0.25) is 0 Å². The van der Waals surface area contributed by atoms with Crippen molar-refractivity contribution < 1.29 is 8.78 Å². The zero-order valence-electron chi connectivity index (χ0n) is 8.32. The van der Waals surface area contributed by atoms with Crippen LogP contribution >= 0.6 is 0 Å². The fraction of sp³-hybridized carbons (Fsp3) is 0.222. The molecule has 2 rings (SSSR count). The summed E-state index contributed by atoms with van der Waals surface area (Å²) in [4.78, 5) is 11.2. The Labute approximate surface area is 88.7 Å². The smallest absolute Gasteiger partial charge is 0.244 e. The van der Waals surface area contributed by atoms with Crippen molar-refractivity contribution >= 4 is 0 Å². The molecule has 0 atom stereocenters. The highest BCUT2D eigenvalue weighted by Crippen LogP contribution is 2.25. The third-order valence-electron chi connectivity index (χ3n) is 2.28. The molecule has 0 fully saturated rings. The number of aromatic amines is 1. The van der Waals surface area contributed by atoms with E-state index in [0.717, 1.165) is 4.68 Å². The van der Waals surface area contributed by atoms with Crippen molar-refractivity contribution in [2.45, 2.75) is 13.3 Å². The summed E-state index contributed by atoms with van der Waals surface area (Å²) in [6, 6.07) is 4.30. The van der Waals surface area contributed by atoms with Crippen molar-refractivity contribution in [3.8, 4) is 5.69 Å². The van der Waals surface area contributed by atoms with E-state index in [-0.39, 0.29) is 5.56 Å². The predicted molar refractivity (Wildman–Crippen MR) is 51.7 cm³/mol. The van der Waals surface area contributed by atoms with Gasteiger partial charge in [-0.1, -0.05) is 12.1 Å². The number of aromatic nitrogens is 4. The SMILES string of the molecule is Cc1c(C(F)F)cccc1-n1nn[nH]c1=O. The van der Waals surface area contributed by atoms with Crippen molar-refractivity contribution in [1.29, 1.82) is 0 Å².